The molecule has 122 valence electrons. The number of amides is 1. The summed E-state index contributed by atoms with van der Waals surface area (Å²) in [6, 6.07) is 3.37. The number of nitro groups is 1. The summed E-state index contributed by atoms with van der Waals surface area (Å²) >= 11 is 0. The molecule has 0 spiro atoms. The maximum Gasteiger partial charge on any atom is 0.416 e. The second-order valence-electron chi connectivity index (χ2n) is 4.67. The van der Waals surface area contributed by atoms with Gasteiger partial charge in [0.2, 0.25) is 0 Å². The Kier molecular flexibility index (Phi) is 4.39. The van der Waals surface area contributed by atoms with Crippen molar-refractivity contribution in [3.05, 3.63) is 63.1 Å². The number of hydrogen-bond donors (Lipinski definition) is 1. The molecule has 1 aromatic carbocycles. The number of nitrogens with zero attached hydrogens (tertiary/aromatic N) is 1. The van der Waals surface area contributed by atoms with Gasteiger partial charge in [-0.05, 0) is 25.1 Å². The summed E-state index contributed by atoms with van der Waals surface area (Å²) in [4.78, 5) is 21.9. The van der Waals surface area contributed by atoms with E-state index in [-0.39, 0.29) is 6.54 Å². The highest BCUT2D eigenvalue weighted by Gasteiger charge is 2.34. The fourth-order valence-electron chi connectivity index (χ4n) is 1.92. The Morgan fingerprint density at radius 2 is 2.04 bits per heavy atom. The van der Waals surface area contributed by atoms with Crippen LogP contribution in [0.5, 0.6) is 0 Å². The number of nitrogens with one attached hydrogen (secondary N) is 1. The average molecular weight is 328 g/mol. The molecule has 2 rings (SSSR count). The van der Waals surface area contributed by atoms with E-state index in [1.807, 2.05) is 0 Å². The number of alkyl halides is 3. The Morgan fingerprint density at radius 3 is 2.57 bits per heavy atom. The molecular formula is C14H11F3N2O4. The van der Waals surface area contributed by atoms with Gasteiger partial charge in [-0.1, -0.05) is 0 Å². The minimum atomic E-state index is -4.73. The molecule has 0 saturated carbocycles. The predicted octanol–water partition coefficient (Wildman–Crippen LogP) is 3.45. The highest BCUT2D eigenvalue weighted by atomic mass is 19.4. The summed E-state index contributed by atoms with van der Waals surface area (Å²) in [5.74, 6) is -0.279. The van der Waals surface area contributed by atoms with Gasteiger partial charge in [-0.3, -0.25) is 14.9 Å². The second-order valence-corrected chi connectivity index (χ2v) is 4.67. The van der Waals surface area contributed by atoms with E-state index in [2.05, 4.69) is 5.32 Å². The van der Waals surface area contributed by atoms with Crippen molar-refractivity contribution >= 4 is 11.6 Å². The van der Waals surface area contributed by atoms with Gasteiger partial charge in [0.1, 0.15) is 11.3 Å². The Morgan fingerprint density at radius 1 is 1.35 bits per heavy atom. The van der Waals surface area contributed by atoms with Crippen LogP contribution in [-0.2, 0) is 12.7 Å². The number of aryl methyl sites for hydroxylation is 1. The summed E-state index contributed by atoms with van der Waals surface area (Å²) < 4.78 is 42.9. The summed E-state index contributed by atoms with van der Waals surface area (Å²) in [6.45, 7) is 1.71. The third-order valence-corrected chi connectivity index (χ3v) is 3.17. The number of hydrogen-bond acceptors (Lipinski definition) is 4. The van der Waals surface area contributed by atoms with Gasteiger partial charge in [-0.2, -0.15) is 13.2 Å². The first-order valence-corrected chi connectivity index (χ1v) is 6.37. The van der Waals surface area contributed by atoms with E-state index < -0.39 is 33.8 Å². The first kappa shape index (κ1) is 16.5. The van der Waals surface area contributed by atoms with Gasteiger partial charge in [0.25, 0.3) is 11.6 Å². The Labute approximate surface area is 128 Å². The molecule has 23 heavy (non-hydrogen) atoms. The van der Waals surface area contributed by atoms with Crippen LogP contribution in [-0.4, -0.2) is 10.8 Å². The lowest BCUT2D eigenvalue weighted by Crippen LogP contribution is -2.24. The third kappa shape index (κ3) is 3.68. The molecular weight excluding hydrogens is 317 g/mol. The van der Waals surface area contributed by atoms with Crippen molar-refractivity contribution in [2.24, 2.45) is 0 Å². The van der Waals surface area contributed by atoms with Crippen LogP contribution in [0.3, 0.4) is 0 Å². The molecule has 0 radical (unpaired) electrons. The molecule has 1 N–H and O–H groups in total. The molecule has 0 bridgehead atoms. The highest BCUT2D eigenvalue weighted by Crippen LogP contribution is 2.33. The van der Waals surface area contributed by atoms with Crippen LogP contribution in [0.2, 0.25) is 0 Å². The molecule has 6 nitrogen and oxygen atoms in total. The van der Waals surface area contributed by atoms with Crippen molar-refractivity contribution in [3.63, 3.8) is 0 Å². The van der Waals surface area contributed by atoms with Gasteiger partial charge >= 0.3 is 6.18 Å². The zero-order valence-electron chi connectivity index (χ0n) is 11.8. The quantitative estimate of drug-likeness (QED) is 0.688. The minimum absolute atomic E-state index is 0.0410. The third-order valence-electron chi connectivity index (χ3n) is 3.17. The van der Waals surface area contributed by atoms with Crippen molar-refractivity contribution < 1.29 is 27.3 Å². The minimum Gasteiger partial charge on any atom is -0.469 e. The van der Waals surface area contributed by atoms with Crippen LogP contribution in [0.15, 0.2) is 34.9 Å². The number of carbonyl (C=O) groups is 1. The molecule has 0 aliphatic carbocycles. The maximum absolute atomic E-state index is 12.6. The van der Waals surface area contributed by atoms with E-state index in [9.17, 15) is 28.1 Å². The smallest absolute Gasteiger partial charge is 0.416 e. The average Bonchev–Trinajstić information content (AvgIpc) is 2.88. The molecule has 0 fully saturated rings. The van der Waals surface area contributed by atoms with E-state index in [1.165, 1.54) is 6.26 Å². The summed E-state index contributed by atoms with van der Waals surface area (Å²) in [5, 5.41) is 13.3. The van der Waals surface area contributed by atoms with Crippen molar-refractivity contribution in [2.75, 3.05) is 0 Å². The van der Waals surface area contributed by atoms with Gasteiger partial charge in [0, 0.05) is 18.2 Å². The molecule has 0 saturated heterocycles. The van der Waals surface area contributed by atoms with Gasteiger partial charge in [-0.25, -0.2) is 0 Å². The van der Waals surface area contributed by atoms with E-state index >= 15 is 0 Å². The van der Waals surface area contributed by atoms with Crippen molar-refractivity contribution in [3.8, 4) is 0 Å². The molecule has 0 aliphatic rings. The first-order chi connectivity index (χ1) is 10.7. The number of halogens is 3. The first-order valence-electron chi connectivity index (χ1n) is 6.37. The second kappa shape index (κ2) is 6.11. The lowest BCUT2D eigenvalue weighted by atomic mass is 10.1. The molecule has 0 unspecified atom stereocenters. The molecule has 9 heteroatoms. The number of carbonyl (C=O) groups excluding carboxylic acids is 1. The summed E-state index contributed by atoms with van der Waals surface area (Å²) in [7, 11) is 0. The van der Waals surface area contributed by atoms with Crippen LogP contribution >= 0.6 is 0 Å². The monoisotopic (exact) mass is 328 g/mol. The molecule has 0 aliphatic heterocycles. The predicted molar refractivity (Wildman–Crippen MR) is 72.7 cm³/mol. The Hall–Kier alpha value is -2.84. The van der Waals surface area contributed by atoms with E-state index in [0.717, 1.165) is 6.07 Å². The summed E-state index contributed by atoms with van der Waals surface area (Å²) in [5.41, 5.74) is -1.87. The van der Waals surface area contributed by atoms with E-state index in [4.69, 9.17) is 4.42 Å². The Balaban J connectivity index is 2.26. The van der Waals surface area contributed by atoms with E-state index in [0.29, 0.717) is 23.5 Å². The fourth-order valence-corrected chi connectivity index (χ4v) is 1.92. The lowest BCUT2D eigenvalue weighted by molar-refractivity contribution is -0.385. The maximum atomic E-state index is 12.6. The van der Waals surface area contributed by atoms with Crippen LogP contribution in [0, 0.1) is 17.0 Å². The number of rotatable bonds is 4. The number of furan rings is 1. The lowest BCUT2D eigenvalue weighted by Gasteiger charge is -2.09. The van der Waals surface area contributed by atoms with Gasteiger partial charge < -0.3 is 9.73 Å². The summed E-state index contributed by atoms with van der Waals surface area (Å²) in [6.07, 6.45) is -3.31. The molecule has 1 aromatic heterocycles. The van der Waals surface area contributed by atoms with Gasteiger partial charge in [0.05, 0.1) is 16.7 Å². The van der Waals surface area contributed by atoms with Crippen molar-refractivity contribution in [1.82, 2.24) is 5.32 Å². The Bertz CT molecular complexity index is 753. The number of benzene rings is 1. The highest BCUT2D eigenvalue weighted by molar-refractivity contribution is 5.98. The normalized spacial score (nSPS) is 11.3. The SMILES string of the molecule is Cc1occc1CNC(=O)c1ccc(C(F)(F)F)cc1[N+](=O)[O-]. The van der Waals surface area contributed by atoms with Crippen molar-refractivity contribution in [1.29, 1.82) is 0 Å². The van der Waals surface area contributed by atoms with Crippen LogP contribution in [0.4, 0.5) is 18.9 Å². The fraction of sp³-hybridized carbons (Fsp3) is 0.214. The largest absolute Gasteiger partial charge is 0.469 e. The van der Waals surface area contributed by atoms with Crippen LogP contribution in [0.25, 0.3) is 0 Å². The van der Waals surface area contributed by atoms with Gasteiger partial charge in [-0.15, -0.1) is 0 Å². The molecule has 1 amide bonds. The molecule has 0 atom stereocenters. The standard InChI is InChI=1S/C14H11F3N2O4/c1-8-9(4-5-23-8)7-18-13(20)11-3-2-10(14(15,16)17)6-12(11)19(21)22/h2-6H,7H2,1H3,(H,18,20). The topological polar surface area (TPSA) is 85.4 Å². The molecule has 2 aromatic rings. The zero-order chi connectivity index (χ0) is 17.2. The van der Waals surface area contributed by atoms with Crippen LogP contribution in [0.1, 0.15) is 27.2 Å². The van der Waals surface area contributed by atoms with E-state index in [1.54, 1.807) is 13.0 Å². The number of nitro benzene ring substituents is 1. The molecule has 1 heterocycles. The van der Waals surface area contributed by atoms with Crippen molar-refractivity contribution in [2.45, 2.75) is 19.6 Å². The van der Waals surface area contributed by atoms with Crippen LogP contribution < -0.4 is 5.32 Å². The van der Waals surface area contributed by atoms with Gasteiger partial charge in [0.15, 0.2) is 0 Å². The zero-order valence-corrected chi connectivity index (χ0v) is 11.8.